The maximum absolute atomic E-state index is 13.5. The molecule has 0 spiro atoms. The molecule has 0 radical (unpaired) electrons. The van der Waals surface area contributed by atoms with Gasteiger partial charge in [-0.1, -0.05) is 30.3 Å². The largest absolute Gasteiger partial charge is 0.416 e. The molecule has 4 atom stereocenters. The van der Waals surface area contributed by atoms with Crippen LogP contribution in [0, 0.1) is 5.92 Å². The van der Waals surface area contributed by atoms with E-state index in [2.05, 4.69) is 10.6 Å². The molecular weight excluding hydrogens is 471 g/mol. The van der Waals surface area contributed by atoms with Crippen molar-refractivity contribution >= 4 is 17.4 Å². The topological polar surface area (TPSA) is 70.7 Å². The van der Waals surface area contributed by atoms with Gasteiger partial charge in [0.2, 0.25) is 5.78 Å². The van der Waals surface area contributed by atoms with Crippen molar-refractivity contribution in [3.63, 3.8) is 0 Å². The summed E-state index contributed by atoms with van der Waals surface area (Å²) in [6.45, 7) is 0.850. The number of rotatable bonds is 8. The molecule has 4 rings (SSSR count). The number of nitrogens with zero attached hydrogens (tertiary/aromatic N) is 1. The summed E-state index contributed by atoms with van der Waals surface area (Å²) in [6, 6.07) is 13.4. The van der Waals surface area contributed by atoms with Gasteiger partial charge in [-0.2, -0.15) is 13.2 Å². The summed E-state index contributed by atoms with van der Waals surface area (Å²) in [4.78, 5) is 26.3. The third kappa shape index (κ3) is 6.07. The number of ether oxygens (including phenoxy) is 1. The number of carbonyl (C=O) groups excluding carboxylic acids is 2. The second kappa shape index (κ2) is 11.0. The highest BCUT2D eigenvalue weighted by atomic mass is 19.4. The van der Waals surface area contributed by atoms with E-state index in [1.807, 2.05) is 49.3 Å². The van der Waals surface area contributed by atoms with Crippen molar-refractivity contribution in [1.82, 2.24) is 10.2 Å². The second-order valence-electron chi connectivity index (χ2n) is 9.79. The second-order valence-corrected chi connectivity index (χ2v) is 9.79. The van der Waals surface area contributed by atoms with Crippen LogP contribution in [-0.2, 0) is 20.5 Å². The van der Waals surface area contributed by atoms with Crippen LogP contribution in [0.5, 0.6) is 0 Å². The van der Waals surface area contributed by atoms with E-state index < -0.39 is 35.6 Å². The number of benzene rings is 2. The lowest BCUT2D eigenvalue weighted by atomic mass is 9.76. The predicted octanol–water partition coefficient (Wildman–Crippen LogP) is 4.74. The zero-order valence-electron chi connectivity index (χ0n) is 20.5. The molecule has 1 fully saturated rings. The standard InChI is InChI=1S/C27H32F3N3O3/c1-33(2)14-6-9-23(34)26(35)31-16-19-11-12-20-24(17-7-4-3-5-8-17)32-22-13-10-18(27(28,29)30)15-21(22)25(20)36-19/h3-5,7-8,10,13,15,19-20,24-25,32H,6,9,11-12,14,16H2,1-2H3,(H,31,35)/t19-,20+,24+,25+/m1/s1. The monoisotopic (exact) mass is 503 g/mol. The molecule has 2 aliphatic rings. The van der Waals surface area contributed by atoms with E-state index in [0.717, 1.165) is 17.7 Å². The van der Waals surface area contributed by atoms with Gasteiger partial charge in [-0.05, 0) is 63.7 Å². The number of alkyl halides is 3. The van der Waals surface area contributed by atoms with Crippen LogP contribution in [-0.4, -0.2) is 49.9 Å². The molecule has 0 aromatic heterocycles. The fourth-order valence-corrected chi connectivity index (χ4v) is 5.05. The van der Waals surface area contributed by atoms with Crippen molar-refractivity contribution in [2.24, 2.45) is 5.92 Å². The molecule has 2 aliphatic heterocycles. The summed E-state index contributed by atoms with van der Waals surface area (Å²) in [6.07, 6.45) is -3.36. The highest BCUT2D eigenvalue weighted by Crippen LogP contribution is 2.51. The minimum Gasteiger partial charge on any atom is -0.378 e. The number of amides is 1. The van der Waals surface area contributed by atoms with Crippen molar-refractivity contribution in [2.75, 3.05) is 32.5 Å². The number of hydrogen-bond donors (Lipinski definition) is 2. The van der Waals surface area contributed by atoms with Crippen LogP contribution >= 0.6 is 0 Å². The lowest BCUT2D eigenvalue weighted by Crippen LogP contribution is -2.44. The maximum atomic E-state index is 13.5. The number of nitrogens with one attached hydrogen (secondary N) is 2. The van der Waals surface area contributed by atoms with Crippen molar-refractivity contribution in [1.29, 1.82) is 0 Å². The van der Waals surface area contributed by atoms with Crippen molar-refractivity contribution in [3.8, 4) is 0 Å². The summed E-state index contributed by atoms with van der Waals surface area (Å²) in [7, 11) is 3.80. The predicted molar refractivity (Wildman–Crippen MR) is 130 cm³/mol. The quantitative estimate of drug-likeness (QED) is 0.510. The van der Waals surface area contributed by atoms with Crippen LogP contribution in [0.25, 0.3) is 0 Å². The lowest BCUT2D eigenvalue weighted by Gasteiger charge is -2.46. The van der Waals surface area contributed by atoms with Gasteiger partial charge in [0.25, 0.3) is 5.91 Å². The Balaban J connectivity index is 1.49. The van der Waals surface area contributed by atoms with Gasteiger partial charge in [0.1, 0.15) is 0 Å². The van der Waals surface area contributed by atoms with E-state index >= 15 is 0 Å². The van der Waals surface area contributed by atoms with E-state index in [-0.39, 0.29) is 24.9 Å². The Kier molecular flexibility index (Phi) is 8.00. The van der Waals surface area contributed by atoms with Gasteiger partial charge in [-0.25, -0.2) is 0 Å². The molecule has 6 nitrogen and oxygen atoms in total. The van der Waals surface area contributed by atoms with Crippen LogP contribution in [0.2, 0.25) is 0 Å². The first-order valence-corrected chi connectivity index (χ1v) is 12.3. The number of hydrogen-bond acceptors (Lipinski definition) is 5. The molecule has 2 aromatic rings. The molecule has 2 N–H and O–H groups in total. The van der Waals surface area contributed by atoms with Crippen molar-refractivity contribution < 1.29 is 27.5 Å². The molecular formula is C27H32F3N3O3. The Morgan fingerprint density at radius 3 is 2.56 bits per heavy atom. The first kappa shape index (κ1) is 26.2. The molecule has 1 saturated heterocycles. The highest BCUT2D eigenvalue weighted by molar-refractivity contribution is 6.36. The molecule has 1 amide bonds. The van der Waals surface area contributed by atoms with E-state index in [1.54, 1.807) is 0 Å². The Morgan fingerprint density at radius 1 is 1.11 bits per heavy atom. The molecule has 2 aromatic carbocycles. The first-order chi connectivity index (χ1) is 17.1. The summed E-state index contributed by atoms with van der Waals surface area (Å²) >= 11 is 0. The average Bonchev–Trinajstić information content (AvgIpc) is 2.86. The molecule has 2 heterocycles. The average molecular weight is 504 g/mol. The van der Waals surface area contributed by atoms with Gasteiger partial charge in [-0.3, -0.25) is 9.59 Å². The number of fused-ring (bicyclic) bond motifs is 3. The molecule has 194 valence electrons. The van der Waals surface area contributed by atoms with Crippen LogP contribution in [0.15, 0.2) is 48.5 Å². The molecule has 0 saturated carbocycles. The lowest BCUT2D eigenvalue weighted by molar-refractivity contribution is -0.139. The highest BCUT2D eigenvalue weighted by Gasteiger charge is 2.43. The van der Waals surface area contributed by atoms with Gasteiger partial charge in [0, 0.05) is 30.1 Å². The Hall–Kier alpha value is -2.91. The molecule has 0 aliphatic carbocycles. The first-order valence-electron chi connectivity index (χ1n) is 12.3. The smallest absolute Gasteiger partial charge is 0.378 e. The number of carbonyl (C=O) groups is 2. The third-order valence-electron chi connectivity index (χ3n) is 6.89. The zero-order valence-corrected chi connectivity index (χ0v) is 20.5. The summed E-state index contributed by atoms with van der Waals surface area (Å²) in [5.41, 5.74) is 1.40. The van der Waals surface area contributed by atoms with E-state index in [4.69, 9.17) is 4.74 Å². The van der Waals surface area contributed by atoms with Gasteiger partial charge in [-0.15, -0.1) is 0 Å². The molecule has 9 heteroatoms. The molecule has 36 heavy (non-hydrogen) atoms. The van der Waals surface area contributed by atoms with Crippen LogP contribution in [0.4, 0.5) is 18.9 Å². The van der Waals surface area contributed by atoms with Crippen LogP contribution in [0.3, 0.4) is 0 Å². The van der Waals surface area contributed by atoms with Gasteiger partial charge >= 0.3 is 6.18 Å². The Morgan fingerprint density at radius 2 is 1.86 bits per heavy atom. The third-order valence-corrected chi connectivity index (χ3v) is 6.89. The maximum Gasteiger partial charge on any atom is 0.416 e. The minimum atomic E-state index is -4.46. The summed E-state index contributed by atoms with van der Waals surface area (Å²) < 4.78 is 46.8. The van der Waals surface area contributed by atoms with Crippen LogP contribution < -0.4 is 10.6 Å². The number of anilines is 1. The van der Waals surface area contributed by atoms with E-state index in [0.29, 0.717) is 37.1 Å². The van der Waals surface area contributed by atoms with Crippen LogP contribution in [0.1, 0.15) is 54.5 Å². The normalized spacial score (nSPS) is 23.4. The van der Waals surface area contributed by atoms with E-state index in [9.17, 15) is 22.8 Å². The number of halogens is 3. The summed E-state index contributed by atoms with van der Waals surface area (Å²) in [5, 5.41) is 6.10. The van der Waals surface area contributed by atoms with Crippen molar-refractivity contribution in [3.05, 3.63) is 65.2 Å². The molecule has 0 bridgehead atoms. The summed E-state index contributed by atoms with van der Waals surface area (Å²) in [5.74, 6) is -1.20. The fourth-order valence-electron chi connectivity index (χ4n) is 5.05. The van der Waals surface area contributed by atoms with E-state index in [1.165, 1.54) is 6.07 Å². The van der Waals surface area contributed by atoms with Gasteiger partial charge in [0.05, 0.1) is 23.8 Å². The zero-order chi connectivity index (χ0) is 25.9. The molecule has 0 unspecified atom stereocenters. The SMILES string of the molecule is CN(C)CCCC(=O)C(=O)NC[C@H]1CC[C@@H]2[C@H](O1)c1cc(C(F)(F)F)ccc1N[C@H]2c1ccccc1. The van der Waals surface area contributed by atoms with Crippen molar-refractivity contribution in [2.45, 2.75) is 50.1 Å². The fraction of sp³-hybridized carbons (Fsp3) is 0.481. The Labute approximate surface area is 209 Å². The number of Topliss-reactive ketones (excluding diaryl/α,β-unsaturated/α-hetero) is 1. The Bertz CT molecular complexity index is 1070. The number of ketones is 1. The van der Waals surface area contributed by atoms with Gasteiger partial charge < -0.3 is 20.3 Å². The minimum absolute atomic E-state index is 0.0806. The van der Waals surface area contributed by atoms with Gasteiger partial charge in [0.15, 0.2) is 0 Å².